The summed E-state index contributed by atoms with van der Waals surface area (Å²) in [5, 5.41) is 2.83. The van der Waals surface area contributed by atoms with E-state index in [-0.39, 0.29) is 24.8 Å². The summed E-state index contributed by atoms with van der Waals surface area (Å²) >= 11 is 0. The number of nitrogens with zero attached hydrogens (tertiary/aromatic N) is 1. The van der Waals surface area contributed by atoms with Gasteiger partial charge in [0.1, 0.15) is 17.2 Å². The highest BCUT2D eigenvalue weighted by molar-refractivity contribution is 6.01. The van der Waals surface area contributed by atoms with Crippen LogP contribution in [0.2, 0.25) is 0 Å². The van der Waals surface area contributed by atoms with E-state index in [1.807, 2.05) is 31.2 Å². The lowest BCUT2D eigenvalue weighted by Gasteiger charge is -2.33. The first kappa shape index (κ1) is 19.5. The van der Waals surface area contributed by atoms with E-state index in [4.69, 9.17) is 14.2 Å². The molecule has 2 aromatic rings. The monoisotopic (exact) mass is 384 g/mol. The maximum Gasteiger partial charge on any atom is 0.268 e. The lowest BCUT2D eigenvalue weighted by molar-refractivity contribution is -0.126. The van der Waals surface area contributed by atoms with Crippen LogP contribution in [0.5, 0.6) is 17.2 Å². The Morgan fingerprint density at radius 3 is 2.46 bits per heavy atom. The normalized spacial score (nSPS) is 15.5. The molecule has 28 heavy (non-hydrogen) atoms. The molecule has 0 radical (unpaired) electrons. The zero-order chi connectivity index (χ0) is 20.1. The Labute approximate surface area is 164 Å². The van der Waals surface area contributed by atoms with Gasteiger partial charge >= 0.3 is 0 Å². The lowest BCUT2D eigenvalue weighted by atomic mass is 10.1. The second-order valence-electron chi connectivity index (χ2n) is 6.37. The van der Waals surface area contributed by atoms with Crippen molar-refractivity contribution in [1.29, 1.82) is 0 Å². The molecule has 3 rings (SSSR count). The Hall–Kier alpha value is -3.22. The highest BCUT2D eigenvalue weighted by Gasteiger charge is 2.33. The molecular formula is C21H24N2O5. The average Bonchev–Trinajstić information content (AvgIpc) is 2.72. The molecule has 0 spiro atoms. The van der Waals surface area contributed by atoms with E-state index >= 15 is 0 Å². The van der Waals surface area contributed by atoms with Gasteiger partial charge in [-0.05, 0) is 18.6 Å². The first-order valence-corrected chi connectivity index (χ1v) is 9.15. The number of ether oxygens (including phenoxy) is 3. The number of methoxy groups -OCH3 is 2. The zero-order valence-electron chi connectivity index (χ0n) is 16.2. The number of anilines is 2. The van der Waals surface area contributed by atoms with Gasteiger partial charge in [0.05, 0.1) is 19.9 Å². The van der Waals surface area contributed by atoms with Gasteiger partial charge in [0, 0.05) is 36.9 Å². The summed E-state index contributed by atoms with van der Waals surface area (Å²) in [6.07, 6.45) is 0.191. The number of carbonyl (C=O) groups excluding carboxylic acids is 2. The van der Waals surface area contributed by atoms with Crippen LogP contribution in [0.25, 0.3) is 0 Å². The van der Waals surface area contributed by atoms with Crippen molar-refractivity contribution in [3.63, 3.8) is 0 Å². The molecule has 1 aliphatic rings. The molecule has 0 saturated carbocycles. The summed E-state index contributed by atoms with van der Waals surface area (Å²) in [7, 11) is 3.10. The number of nitrogens with one attached hydrogen (secondary N) is 1. The SMILES string of the molecule is CCC1Oc2ccccc2N(CCC(=O)Nc2cc(OC)cc(OC)c2)C1=O. The van der Waals surface area contributed by atoms with Crippen molar-refractivity contribution in [3.8, 4) is 17.2 Å². The van der Waals surface area contributed by atoms with Crippen molar-refractivity contribution >= 4 is 23.2 Å². The van der Waals surface area contributed by atoms with Crippen LogP contribution in [0.1, 0.15) is 19.8 Å². The van der Waals surface area contributed by atoms with E-state index in [1.165, 1.54) is 0 Å². The maximum absolute atomic E-state index is 12.7. The Kier molecular flexibility index (Phi) is 6.03. The molecule has 7 nitrogen and oxygen atoms in total. The van der Waals surface area contributed by atoms with Crippen molar-refractivity contribution in [1.82, 2.24) is 0 Å². The number of benzene rings is 2. The number of carbonyl (C=O) groups is 2. The van der Waals surface area contributed by atoms with Gasteiger partial charge in [-0.15, -0.1) is 0 Å². The van der Waals surface area contributed by atoms with Crippen molar-refractivity contribution < 1.29 is 23.8 Å². The van der Waals surface area contributed by atoms with E-state index in [0.29, 0.717) is 35.0 Å². The third-order valence-corrected chi connectivity index (χ3v) is 4.54. The van der Waals surface area contributed by atoms with Gasteiger partial charge < -0.3 is 24.4 Å². The molecule has 0 aromatic heterocycles. The van der Waals surface area contributed by atoms with Crippen LogP contribution in [0.15, 0.2) is 42.5 Å². The Morgan fingerprint density at radius 1 is 1.14 bits per heavy atom. The maximum atomic E-state index is 12.7. The number of hydrogen-bond donors (Lipinski definition) is 1. The second-order valence-corrected chi connectivity index (χ2v) is 6.37. The van der Waals surface area contributed by atoms with Crippen molar-refractivity contribution in [2.24, 2.45) is 0 Å². The number of fused-ring (bicyclic) bond motifs is 1. The number of amides is 2. The van der Waals surface area contributed by atoms with Crippen molar-refractivity contribution in [3.05, 3.63) is 42.5 Å². The third kappa shape index (κ3) is 4.19. The summed E-state index contributed by atoms with van der Waals surface area (Å²) in [6, 6.07) is 12.5. The Morgan fingerprint density at radius 2 is 1.82 bits per heavy atom. The number of rotatable bonds is 7. The summed E-state index contributed by atoms with van der Waals surface area (Å²) in [5.74, 6) is 1.49. The predicted molar refractivity (Wildman–Crippen MR) is 106 cm³/mol. The van der Waals surface area contributed by atoms with E-state index in [2.05, 4.69) is 5.32 Å². The molecule has 1 atom stereocenters. The number of hydrogen-bond acceptors (Lipinski definition) is 5. The van der Waals surface area contributed by atoms with Crippen LogP contribution in [0.4, 0.5) is 11.4 Å². The van der Waals surface area contributed by atoms with Gasteiger partial charge in [0.25, 0.3) is 5.91 Å². The third-order valence-electron chi connectivity index (χ3n) is 4.54. The van der Waals surface area contributed by atoms with Crippen molar-refractivity contribution in [2.75, 3.05) is 31.0 Å². The first-order valence-electron chi connectivity index (χ1n) is 9.15. The summed E-state index contributed by atoms with van der Waals surface area (Å²) < 4.78 is 16.2. The van der Waals surface area contributed by atoms with Gasteiger partial charge in [-0.2, -0.15) is 0 Å². The van der Waals surface area contributed by atoms with E-state index < -0.39 is 6.10 Å². The van der Waals surface area contributed by atoms with E-state index in [1.54, 1.807) is 37.3 Å². The summed E-state index contributed by atoms with van der Waals surface area (Å²) in [6.45, 7) is 2.17. The minimum atomic E-state index is -0.527. The quantitative estimate of drug-likeness (QED) is 0.793. The van der Waals surface area contributed by atoms with Gasteiger partial charge in [0.2, 0.25) is 5.91 Å². The molecule has 1 aliphatic heterocycles. The lowest BCUT2D eigenvalue weighted by Crippen LogP contribution is -2.46. The van der Waals surface area contributed by atoms with Gasteiger partial charge in [-0.3, -0.25) is 9.59 Å². The fourth-order valence-corrected chi connectivity index (χ4v) is 3.08. The molecule has 0 aliphatic carbocycles. The second kappa shape index (κ2) is 8.65. The van der Waals surface area contributed by atoms with E-state index in [0.717, 1.165) is 0 Å². The molecule has 0 saturated heterocycles. The van der Waals surface area contributed by atoms with Gasteiger partial charge in [-0.25, -0.2) is 0 Å². The summed E-state index contributed by atoms with van der Waals surface area (Å²) in [5.41, 5.74) is 1.26. The molecule has 1 unspecified atom stereocenters. The number of para-hydroxylation sites is 2. The largest absolute Gasteiger partial charge is 0.497 e. The topological polar surface area (TPSA) is 77.1 Å². The molecule has 2 amide bonds. The van der Waals surface area contributed by atoms with Crippen LogP contribution < -0.4 is 24.4 Å². The highest BCUT2D eigenvalue weighted by atomic mass is 16.5. The molecule has 0 fully saturated rings. The average molecular weight is 384 g/mol. The minimum Gasteiger partial charge on any atom is -0.497 e. The van der Waals surface area contributed by atoms with Crippen LogP contribution >= 0.6 is 0 Å². The Bertz CT molecular complexity index is 845. The first-order chi connectivity index (χ1) is 13.5. The molecule has 0 bridgehead atoms. The van der Waals surface area contributed by atoms with Crippen LogP contribution in [0, 0.1) is 0 Å². The minimum absolute atomic E-state index is 0.128. The van der Waals surface area contributed by atoms with Crippen LogP contribution in [0.3, 0.4) is 0 Å². The summed E-state index contributed by atoms with van der Waals surface area (Å²) in [4.78, 5) is 26.8. The smallest absolute Gasteiger partial charge is 0.268 e. The van der Waals surface area contributed by atoms with Gasteiger partial charge in [0.15, 0.2) is 6.10 Å². The zero-order valence-corrected chi connectivity index (χ0v) is 16.2. The predicted octanol–water partition coefficient (Wildman–Crippen LogP) is 3.24. The van der Waals surface area contributed by atoms with Crippen LogP contribution in [-0.4, -0.2) is 38.7 Å². The molecular weight excluding hydrogens is 360 g/mol. The molecule has 1 N–H and O–H groups in total. The molecule has 1 heterocycles. The van der Waals surface area contributed by atoms with Gasteiger partial charge in [-0.1, -0.05) is 19.1 Å². The van der Waals surface area contributed by atoms with E-state index in [9.17, 15) is 9.59 Å². The Balaban J connectivity index is 1.69. The fraction of sp³-hybridized carbons (Fsp3) is 0.333. The molecule has 148 valence electrons. The van der Waals surface area contributed by atoms with Crippen molar-refractivity contribution in [2.45, 2.75) is 25.9 Å². The molecule has 2 aromatic carbocycles. The standard InChI is InChI=1S/C21H24N2O5/c1-4-18-21(25)23(17-7-5-6-8-19(17)28-18)10-9-20(24)22-14-11-15(26-2)13-16(12-14)27-3/h5-8,11-13,18H,4,9-10H2,1-3H3,(H,22,24). The highest BCUT2D eigenvalue weighted by Crippen LogP contribution is 2.34. The fourth-order valence-electron chi connectivity index (χ4n) is 3.08. The molecule has 7 heteroatoms. The van der Waals surface area contributed by atoms with Crippen LogP contribution in [-0.2, 0) is 9.59 Å².